The van der Waals surface area contributed by atoms with Crippen LogP contribution in [-0.4, -0.2) is 16.5 Å². The summed E-state index contributed by atoms with van der Waals surface area (Å²) < 4.78 is 0. The van der Waals surface area contributed by atoms with Crippen molar-refractivity contribution in [3.05, 3.63) is 83.4 Å². The van der Waals surface area contributed by atoms with E-state index in [0.717, 1.165) is 36.1 Å². The van der Waals surface area contributed by atoms with E-state index < -0.39 is 0 Å². The third kappa shape index (κ3) is 2.82. The Morgan fingerprint density at radius 3 is 2.71 bits per heavy atom. The number of nitrogens with one attached hydrogen (secondary N) is 2. The van der Waals surface area contributed by atoms with Gasteiger partial charge in [0, 0.05) is 17.8 Å². The Hall–Kier alpha value is -3.27. The van der Waals surface area contributed by atoms with Gasteiger partial charge >= 0.3 is 0 Å². The van der Waals surface area contributed by atoms with Crippen LogP contribution in [0.25, 0.3) is 11.3 Å². The summed E-state index contributed by atoms with van der Waals surface area (Å²) in [5.41, 5.74) is 7.39. The molecule has 0 radical (unpaired) electrons. The molecule has 0 bridgehead atoms. The molecule has 4 nitrogen and oxygen atoms in total. The number of benzene rings is 2. The molecular weight excluding hydrogens is 344 g/mol. The van der Waals surface area contributed by atoms with Crippen LogP contribution in [0.5, 0.6) is 0 Å². The smallest absolute Gasteiger partial charge is 0.207 e. The molecule has 140 valence electrons. The molecule has 5 rings (SSSR count). The number of anilines is 3. The predicted octanol–water partition coefficient (Wildman–Crippen LogP) is 5.69. The van der Waals surface area contributed by atoms with E-state index in [1.807, 2.05) is 6.07 Å². The number of aromatic amines is 1. The van der Waals surface area contributed by atoms with Crippen molar-refractivity contribution in [2.24, 2.45) is 0 Å². The second-order valence-electron chi connectivity index (χ2n) is 7.52. The Labute approximate surface area is 165 Å². The summed E-state index contributed by atoms with van der Waals surface area (Å²) in [6, 6.07) is 23.7. The number of para-hydroxylation sites is 1. The van der Waals surface area contributed by atoms with Gasteiger partial charge in [-0.1, -0.05) is 48.5 Å². The molecule has 0 aromatic heterocycles. The van der Waals surface area contributed by atoms with E-state index in [1.165, 1.54) is 22.3 Å². The Morgan fingerprint density at radius 2 is 1.82 bits per heavy atom. The third-order valence-corrected chi connectivity index (χ3v) is 5.79. The highest BCUT2D eigenvalue weighted by molar-refractivity contribution is 5.78. The summed E-state index contributed by atoms with van der Waals surface area (Å²) >= 11 is 0. The fourth-order valence-corrected chi connectivity index (χ4v) is 4.23. The molecule has 2 aromatic rings. The number of H-pyrrole nitrogens is 1. The van der Waals surface area contributed by atoms with Crippen LogP contribution in [0.3, 0.4) is 0 Å². The van der Waals surface area contributed by atoms with Crippen molar-refractivity contribution in [3.63, 3.8) is 0 Å². The summed E-state index contributed by atoms with van der Waals surface area (Å²) in [5, 5.41) is 3.47. The van der Waals surface area contributed by atoms with Crippen LogP contribution in [0.15, 0.2) is 66.7 Å². The van der Waals surface area contributed by atoms with Crippen molar-refractivity contribution in [2.75, 3.05) is 16.8 Å². The standard InChI is InChI=1S/C24H24N4/c1-16-8-3-6-12-21(16)25-24-26-22-13-7-11-20(22)23(27-24)28-15-14-18-9-4-5-10-19(18)17(28)2/h3-13,17H,14-15H2,1-2H3,(H2,25,26,27). The van der Waals surface area contributed by atoms with Gasteiger partial charge in [-0.3, -0.25) is 0 Å². The molecule has 0 fully saturated rings. The van der Waals surface area contributed by atoms with Crippen LogP contribution in [0.4, 0.5) is 17.5 Å². The Balaban J connectivity index is 1.57. The number of hydrogen-bond acceptors (Lipinski definition) is 3. The number of aryl methyl sites for hydroxylation is 1. The number of nitrogens with zero attached hydrogens (tertiary/aromatic N) is 2. The van der Waals surface area contributed by atoms with Gasteiger partial charge < -0.3 is 15.2 Å². The molecule has 1 unspecified atom stereocenters. The van der Waals surface area contributed by atoms with E-state index in [9.17, 15) is 0 Å². The van der Waals surface area contributed by atoms with Gasteiger partial charge in [0.2, 0.25) is 5.95 Å². The maximum absolute atomic E-state index is 5.02. The lowest BCUT2D eigenvalue weighted by Gasteiger charge is -2.37. The van der Waals surface area contributed by atoms with Gasteiger partial charge in [0.25, 0.3) is 0 Å². The highest BCUT2D eigenvalue weighted by Gasteiger charge is 2.27. The summed E-state index contributed by atoms with van der Waals surface area (Å²) in [4.78, 5) is 10.9. The summed E-state index contributed by atoms with van der Waals surface area (Å²) in [6.45, 7) is 5.35. The first-order valence-electron chi connectivity index (χ1n) is 9.86. The number of rotatable bonds is 3. The van der Waals surface area contributed by atoms with Crippen molar-refractivity contribution in [3.8, 4) is 11.3 Å². The Morgan fingerprint density at radius 1 is 1.00 bits per heavy atom. The zero-order valence-corrected chi connectivity index (χ0v) is 16.2. The summed E-state index contributed by atoms with van der Waals surface area (Å²) in [7, 11) is 0. The van der Waals surface area contributed by atoms with Crippen LogP contribution in [0.2, 0.25) is 0 Å². The minimum atomic E-state index is 0.296. The van der Waals surface area contributed by atoms with E-state index in [2.05, 4.69) is 89.7 Å². The SMILES string of the molecule is Cc1ccccc1Nc1nc(N2CCc3ccccc3C2C)c2cccc-2[nH]1. The lowest BCUT2D eigenvalue weighted by molar-refractivity contribution is 0.617. The first-order chi connectivity index (χ1) is 13.7. The third-order valence-electron chi connectivity index (χ3n) is 5.79. The molecule has 0 saturated heterocycles. The number of fused-ring (bicyclic) bond motifs is 2. The minimum absolute atomic E-state index is 0.296. The molecule has 4 heteroatoms. The van der Waals surface area contributed by atoms with Crippen molar-refractivity contribution in [2.45, 2.75) is 26.3 Å². The van der Waals surface area contributed by atoms with Gasteiger partial charge in [0.1, 0.15) is 5.82 Å². The largest absolute Gasteiger partial charge is 0.349 e. The fourth-order valence-electron chi connectivity index (χ4n) is 4.23. The normalized spacial score (nSPS) is 16.2. The predicted molar refractivity (Wildman–Crippen MR) is 116 cm³/mol. The minimum Gasteiger partial charge on any atom is -0.349 e. The average Bonchev–Trinajstić information content (AvgIpc) is 3.18. The van der Waals surface area contributed by atoms with Gasteiger partial charge in [-0.05, 0) is 55.2 Å². The van der Waals surface area contributed by atoms with E-state index in [0.29, 0.717) is 6.04 Å². The topological polar surface area (TPSA) is 44.0 Å². The van der Waals surface area contributed by atoms with E-state index in [1.54, 1.807) is 0 Å². The average molecular weight is 368 g/mol. The molecule has 28 heavy (non-hydrogen) atoms. The second kappa shape index (κ2) is 6.71. The Kier molecular flexibility index (Phi) is 4.05. The lowest BCUT2D eigenvalue weighted by atomic mass is 9.93. The van der Waals surface area contributed by atoms with Crippen LogP contribution in [0.1, 0.15) is 29.7 Å². The second-order valence-corrected chi connectivity index (χ2v) is 7.52. The van der Waals surface area contributed by atoms with Crippen LogP contribution >= 0.6 is 0 Å². The first kappa shape index (κ1) is 16.9. The van der Waals surface area contributed by atoms with E-state index >= 15 is 0 Å². The fraction of sp³-hybridized carbons (Fsp3) is 0.208. The highest BCUT2D eigenvalue weighted by atomic mass is 15.3. The van der Waals surface area contributed by atoms with Gasteiger partial charge in [-0.25, -0.2) is 0 Å². The molecular formula is C24H24N4. The van der Waals surface area contributed by atoms with Crippen LogP contribution in [0, 0.1) is 6.92 Å². The monoisotopic (exact) mass is 368 g/mol. The molecule has 2 aliphatic heterocycles. The van der Waals surface area contributed by atoms with Crippen molar-refractivity contribution >= 4 is 17.5 Å². The van der Waals surface area contributed by atoms with Crippen molar-refractivity contribution < 1.29 is 0 Å². The Bertz CT molecular complexity index is 1100. The molecule has 2 heterocycles. The van der Waals surface area contributed by atoms with Gasteiger partial charge in [-0.15, -0.1) is 0 Å². The van der Waals surface area contributed by atoms with Crippen LogP contribution < -0.4 is 10.2 Å². The lowest BCUT2D eigenvalue weighted by Crippen LogP contribution is -2.35. The molecule has 3 aliphatic rings. The zero-order chi connectivity index (χ0) is 19.1. The maximum Gasteiger partial charge on any atom is 0.207 e. The van der Waals surface area contributed by atoms with Gasteiger partial charge in [-0.2, -0.15) is 4.98 Å². The van der Waals surface area contributed by atoms with Crippen molar-refractivity contribution in [1.82, 2.24) is 9.97 Å². The maximum atomic E-state index is 5.02. The molecule has 2 aromatic carbocycles. The molecule has 1 aliphatic carbocycles. The van der Waals surface area contributed by atoms with E-state index in [-0.39, 0.29) is 0 Å². The number of aromatic nitrogens is 2. The van der Waals surface area contributed by atoms with Crippen molar-refractivity contribution in [1.29, 1.82) is 0 Å². The molecule has 1 atom stereocenters. The van der Waals surface area contributed by atoms with Crippen LogP contribution in [-0.2, 0) is 6.42 Å². The molecule has 0 amide bonds. The summed E-state index contributed by atoms with van der Waals surface area (Å²) in [6.07, 6.45) is 1.05. The summed E-state index contributed by atoms with van der Waals surface area (Å²) in [5.74, 6) is 1.81. The highest BCUT2D eigenvalue weighted by Crippen LogP contribution is 2.39. The quantitative estimate of drug-likeness (QED) is 0.488. The molecule has 0 spiro atoms. The number of hydrogen-bond donors (Lipinski definition) is 2. The first-order valence-corrected chi connectivity index (χ1v) is 9.86. The van der Waals surface area contributed by atoms with E-state index in [4.69, 9.17) is 4.98 Å². The van der Waals surface area contributed by atoms with Gasteiger partial charge in [0.15, 0.2) is 0 Å². The molecule has 0 saturated carbocycles. The molecule has 2 N–H and O–H groups in total. The zero-order valence-electron chi connectivity index (χ0n) is 16.2. The van der Waals surface area contributed by atoms with Gasteiger partial charge in [0.05, 0.1) is 11.7 Å².